The predicted octanol–water partition coefficient (Wildman–Crippen LogP) is 1.61. The number of nitrogens with zero attached hydrogens (tertiary/aromatic N) is 1. The van der Waals surface area contributed by atoms with Crippen LogP contribution in [0.5, 0.6) is 0 Å². The quantitative estimate of drug-likeness (QED) is 0.864. The van der Waals surface area contributed by atoms with Gasteiger partial charge in [0.2, 0.25) is 0 Å². The number of hydrogen-bond donors (Lipinski definition) is 2. The lowest BCUT2D eigenvalue weighted by Gasteiger charge is -2.30. The molecule has 0 spiro atoms. The maximum atomic E-state index is 11.9. The van der Waals surface area contributed by atoms with Crippen molar-refractivity contribution in [2.75, 3.05) is 6.54 Å². The molecule has 3 N–H and O–H groups in total. The SMILES string of the molecule is CC(C)(C)C(CN)NC(=O)c1cccnc1.Cl. The van der Waals surface area contributed by atoms with Crippen molar-refractivity contribution in [1.29, 1.82) is 0 Å². The van der Waals surface area contributed by atoms with Gasteiger partial charge < -0.3 is 11.1 Å². The zero-order chi connectivity index (χ0) is 12.2. The molecule has 0 saturated heterocycles. The van der Waals surface area contributed by atoms with Gasteiger partial charge in [0.05, 0.1) is 5.56 Å². The fourth-order valence-corrected chi connectivity index (χ4v) is 1.37. The first-order valence-electron chi connectivity index (χ1n) is 5.36. The molecule has 1 rings (SSSR count). The standard InChI is InChI=1S/C12H19N3O.ClH/c1-12(2,3)10(7-13)15-11(16)9-5-4-6-14-8-9;/h4-6,8,10H,7,13H2,1-3H3,(H,15,16);1H. The number of carbonyl (C=O) groups is 1. The average Bonchev–Trinajstić information content (AvgIpc) is 2.25. The number of halogens is 1. The molecule has 17 heavy (non-hydrogen) atoms. The molecule has 1 heterocycles. The number of amides is 1. The van der Waals surface area contributed by atoms with E-state index in [1.165, 1.54) is 0 Å². The summed E-state index contributed by atoms with van der Waals surface area (Å²) in [6.45, 7) is 6.58. The molecule has 0 fully saturated rings. The summed E-state index contributed by atoms with van der Waals surface area (Å²) in [7, 11) is 0. The molecule has 0 aliphatic rings. The van der Waals surface area contributed by atoms with Crippen LogP contribution in [0.2, 0.25) is 0 Å². The van der Waals surface area contributed by atoms with E-state index >= 15 is 0 Å². The molecule has 5 heteroatoms. The largest absolute Gasteiger partial charge is 0.347 e. The van der Waals surface area contributed by atoms with Crippen LogP contribution in [0, 0.1) is 5.41 Å². The van der Waals surface area contributed by atoms with Crippen molar-refractivity contribution >= 4 is 18.3 Å². The molecular formula is C12H20ClN3O. The van der Waals surface area contributed by atoms with Crippen molar-refractivity contribution in [2.45, 2.75) is 26.8 Å². The number of pyridine rings is 1. The van der Waals surface area contributed by atoms with E-state index in [1.54, 1.807) is 24.5 Å². The Labute approximate surface area is 108 Å². The van der Waals surface area contributed by atoms with Gasteiger partial charge in [0, 0.05) is 25.0 Å². The zero-order valence-corrected chi connectivity index (χ0v) is 11.3. The Bertz CT molecular complexity index is 349. The second kappa shape index (κ2) is 6.57. The van der Waals surface area contributed by atoms with Gasteiger partial charge >= 0.3 is 0 Å². The molecule has 0 aliphatic carbocycles. The highest BCUT2D eigenvalue weighted by Crippen LogP contribution is 2.18. The molecule has 1 atom stereocenters. The van der Waals surface area contributed by atoms with E-state index in [-0.39, 0.29) is 29.8 Å². The molecule has 0 aromatic carbocycles. The zero-order valence-electron chi connectivity index (χ0n) is 10.4. The van der Waals surface area contributed by atoms with Crippen molar-refractivity contribution in [2.24, 2.45) is 11.1 Å². The van der Waals surface area contributed by atoms with Crippen LogP contribution in [0.3, 0.4) is 0 Å². The van der Waals surface area contributed by atoms with Crippen LogP contribution in [0.1, 0.15) is 31.1 Å². The van der Waals surface area contributed by atoms with Gasteiger partial charge in [-0.1, -0.05) is 20.8 Å². The third kappa shape index (κ3) is 4.71. The van der Waals surface area contributed by atoms with E-state index in [1.807, 2.05) is 20.8 Å². The second-order valence-corrected chi connectivity index (χ2v) is 4.87. The molecule has 0 radical (unpaired) electrons. The van der Waals surface area contributed by atoms with Gasteiger partial charge in [0.1, 0.15) is 0 Å². The van der Waals surface area contributed by atoms with Crippen molar-refractivity contribution in [3.63, 3.8) is 0 Å². The third-order valence-electron chi connectivity index (χ3n) is 2.51. The van der Waals surface area contributed by atoms with Crippen molar-refractivity contribution in [3.8, 4) is 0 Å². The van der Waals surface area contributed by atoms with Gasteiger partial charge in [-0.05, 0) is 17.5 Å². The molecule has 0 bridgehead atoms. The molecule has 1 amide bonds. The summed E-state index contributed by atoms with van der Waals surface area (Å²) in [6.07, 6.45) is 3.19. The maximum absolute atomic E-state index is 11.9. The molecule has 0 aliphatic heterocycles. The molecule has 0 saturated carbocycles. The normalized spacial score (nSPS) is 12.5. The second-order valence-electron chi connectivity index (χ2n) is 4.87. The first-order valence-corrected chi connectivity index (χ1v) is 5.36. The average molecular weight is 258 g/mol. The summed E-state index contributed by atoms with van der Waals surface area (Å²) in [6, 6.07) is 3.43. The van der Waals surface area contributed by atoms with Gasteiger partial charge in [0.25, 0.3) is 5.91 Å². The maximum Gasteiger partial charge on any atom is 0.253 e. The van der Waals surface area contributed by atoms with E-state index in [0.29, 0.717) is 12.1 Å². The molecule has 1 unspecified atom stereocenters. The summed E-state index contributed by atoms with van der Waals surface area (Å²) in [5, 5.41) is 2.92. The number of carbonyl (C=O) groups excluding carboxylic acids is 1. The number of rotatable bonds is 3. The number of nitrogens with one attached hydrogen (secondary N) is 1. The minimum Gasteiger partial charge on any atom is -0.347 e. The third-order valence-corrected chi connectivity index (χ3v) is 2.51. The number of nitrogens with two attached hydrogens (primary N) is 1. The van der Waals surface area contributed by atoms with E-state index in [0.717, 1.165) is 0 Å². The Morgan fingerprint density at radius 3 is 2.59 bits per heavy atom. The highest BCUT2D eigenvalue weighted by Gasteiger charge is 2.25. The lowest BCUT2D eigenvalue weighted by Crippen LogP contribution is -2.48. The molecular weight excluding hydrogens is 238 g/mol. The van der Waals surface area contributed by atoms with Crippen molar-refractivity contribution in [1.82, 2.24) is 10.3 Å². The van der Waals surface area contributed by atoms with Crippen molar-refractivity contribution in [3.05, 3.63) is 30.1 Å². The number of aromatic nitrogens is 1. The molecule has 1 aromatic heterocycles. The highest BCUT2D eigenvalue weighted by atomic mass is 35.5. The summed E-state index contributed by atoms with van der Waals surface area (Å²) < 4.78 is 0. The first-order chi connectivity index (χ1) is 7.45. The van der Waals surface area contributed by atoms with Crippen LogP contribution in [0.15, 0.2) is 24.5 Å². The molecule has 4 nitrogen and oxygen atoms in total. The van der Waals surface area contributed by atoms with Crippen LogP contribution in [-0.2, 0) is 0 Å². The van der Waals surface area contributed by atoms with Crippen LogP contribution >= 0.6 is 12.4 Å². The van der Waals surface area contributed by atoms with Gasteiger partial charge in [-0.25, -0.2) is 0 Å². The lowest BCUT2D eigenvalue weighted by molar-refractivity contribution is 0.0905. The van der Waals surface area contributed by atoms with Crippen LogP contribution in [0.4, 0.5) is 0 Å². The minimum atomic E-state index is -0.126. The van der Waals surface area contributed by atoms with Gasteiger partial charge in [-0.15, -0.1) is 12.4 Å². The Morgan fingerprint density at radius 1 is 1.53 bits per heavy atom. The summed E-state index contributed by atoms with van der Waals surface area (Å²) >= 11 is 0. The van der Waals surface area contributed by atoms with Crippen LogP contribution in [-0.4, -0.2) is 23.5 Å². The first kappa shape index (κ1) is 15.9. The Balaban J connectivity index is 0.00000256. The van der Waals surface area contributed by atoms with Crippen LogP contribution < -0.4 is 11.1 Å². The predicted molar refractivity (Wildman–Crippen MR) is 71.2 cm³/mol. The lowest BCUT2D eigenvalue weighted by atomic mass is 9.86. The number of hydrogen-bond acceptors (Lipinski definition) is 3. The van der Waals surface area contributed by atoms with Gasteiger partial charge in [-0.3, -0.25) is 9.78 Å². The Hall–Kier alpha value is -1.13. The van der Waals surface area contributed by atoms with E-state index in [4.69, 9.17) is 5.73 Å². The summed E-state index contributed by atoms with van der Waals surface area (Å²) in [5.41, 5.74) is 6.17. The smallest absolute Gasteiger partial charge is 0.253 e. The minimum absolute atomic E-state index is 0. The monoisotopic (exact) mass is 257 g/mol. The van der Waals surface area contributed by atoms with Crippen molar-refractivity contribution < 1.29 is 4.79 Å². The van der Waals surface area contributed by atoms with Crippen LogP contribution in [0.25, 0.3) is 0 Å². The fraction of sp³-hybridized carbons (Fsp3) is 0.500. The topological polar surface area (TPSA) is 68.0 Å². The summed E-state index contributed by atoms with van der Waals surface area (Å²) in [5.74, 6) is -0.126. The van der Waals surface area contributed by atoms with E-state index in [2.05, 4.69) is 10.3 Å². The van der Waals surface area contributed by atoms with Gasteiger partial charge in [0.15, 0.2) is 0 Å². The molecule has 1 aromatic rings. The Kier molecular flexibility index (Phi) is 6.13. The van der Waals surface area contributed by atoms with Gasteiger partial charge in [-0.2, -0.15) is 0 Å². The molecule has 96 valence electrons. The fourth-order valence-electron chi connectivity index (χ4n) is 1.37. The highest BCUT2D eigenvalue weighted by molar-refractivity contribution is 5.94. The Morgan fingerprint density at radius 2 is 2.18 bits per heavy atom. The summed E-state index contributed by atoms with van der Waals surface area (Å²) in [4.78, 5) is 15.8. The van der Waals surface area contributed by atoms with E-state index < -0.39 is 0 Å². The van der Waals surface area contributed by atoms with E-state index in [9.17, 15) is 4.79 Å².